The second-order valence-electron chi connectivity index (χ2n) is 6.42. The Morgan fingerprint density at radius 3 is 2.79 bits per heavy atom. The summed E-state index contributed by atoms with van der Waals surface area (Å²) in [5.74, 6) is 0.0281. The third-order valence-corrected chi connectivity index (χ3v) is 5.11. The Hall–Kier alpha value is -1.84. The zero-order chi connectivity index (χ0) is 16.9. The van der Waals surface area contributed by atoms with Crippen LogP contribution in [0, 0.1) is 6.92 Å². The van der Waals surface area contributed by atoms with E-state index in [1.54, 1.807) is 0 Å². The van der Waals surface area contributed by atoms with Crippen LogP contribution < -0.4 is 5.32 Å². The van der Waals surface area contributed by atoms with Crippen LogP contribution >= 0.6 is 11.6 Å². The number of carbonyl (C=O) groups is 1. The summed E-state index contributed by atoms with van der Waals surface area (Å²) in [5, 5.41) is 3.67. The highest BCUT2D eigenvalue weighted by Crippen LogP contribution is 2.24. The average Bonchev–Trinajstić information content (AvgIpc) is 2.99. The molecule has 0 aromatic heterocycles. The Morgan fingerprint density at radius 2 is 2.00 bits per heavy atom. The largest absolute Gasteiger partial charge is 0.325 e. The first-order valence-electron chi connectivity index (χ1n) is 8.46. The molecular weight excluding hydrogens is 320 g/mol. The molecule has 0 saturated carbocycles. The van der Waals surface area contributed by atoms with E-state index in [0.29, 0.717) is 17.6 Å². The SMILES string of the molecule is Cc1c(Cl)cccc1NC(=O)CN1CCCC1Cc1ccccc1. The van der Waals surface area contributed by atoms with Crippen molar-refractivity contribution in [2.75, 3.05) is 18.4 Å². The summed E-state index contributed by atoms with van der Waals surface area (Å²) < 4.78 is 0. The lowest BCUT2D eigenvalue weighted by Gasteiger charge is -2.24. The molecule has 4 heteroatoms. The minimum absolute atomic E-state index is 0.0281. The fourth-order valence-corrected chi connectivity index (χ4v) is 3.51. The van der Waals surface area contributed by atoms with Crippen LogP contribution in [0.1, 0.15) is 24.0 Å². The summed E-state index contributed by atoms with van der Waals surface area (Å²) in [6.07, 6.45) is 3.31. The second kappa shape index (κ2) is 7.82. The van der Waals surface area contributed by atoms with Gasteiger partial charge in [0.05, 0.1) is 6.54 Å². The standard InChI is InChI=1S/C20H23ClN2O/c1-15-18(21)10-5-11-19(15)22-20(24)14-23-12-6-9-17(23)13-16-7-3-2-4-8-16/h2-5,7-8,10-11,17H,6,9,12-14H2,1H3,(H,22,24). The number of anilines is 1. The van der Waals surface area contributed by atoms with Crippen molar-refractivity contribution in [3.05, 3.63) is 64.7 Å². The molecule has 1 aliphatic rings. The topological polar surface area (TPSA) is 32.3 Å². The van der Waals surface area contributed by atoms with Crippen LogP contribution in [-0.4, -0.2) is 29.9 Å². The van der Waals surface area contributed by atoms with Crippen molar-refractivity contribution in [3.63, 3.8) is 0 Å². The van der Waals surface area contributed by atoms with E-state index in [0.717, 1.165) is 37.1 Å². The Balaban J connectivity index is 1.60. The second-order valence-corrected chi connectivity index (χ2v) is 6.82. The zero-order valence-corrected chi connectivity index (χ0v) is 14.7. The number of carbonyl (C=O) groups excluding carboxylic acids is 1. The van der Waals surface area contributed by atoms with E-state index in [1.165, 1.54) is 5.56 Å². The van der Waals surface area contributed by atoms with E-state index in [2.05, 4.69) is 34.5 Å². The van der Waals surface area contributed by atoms with Crippen LogP contribution in [0.25, 0.3) is 0 Å². The van der Waals surface area contributed by atoms with Gasteiger partial charge in [0.25, 0.3) is 0 Å². The number of nitrogens with one attached hydrogen (secondary N) is 1. The molecule has 3 nitrogen and oxygen atoms in total. The minimum Gasteiger partial charge on any atom is -0.325 e. The van der Waals surface area contributed by atoms with Crippen molar-refractivity contribution in [1.29, 1.82) is 0 Å². The molecule has 1 fully saturated rings. The van der Waals surface area contributed by atoms with E-state index in [4.69, 9.17) is 11.6 Å². The Labute approximate surface area is 148 Å². The van der Waals surface area contributed by atoms with Gasteiger partial charge < -0.3 is 5.32 Å². The van der Waals surface area contributed by atoms with E-state index in [-0.39, 0.29) is 5.91 Å². The normalized spacial score (nSPS) is 17.8. The molecule has 1 saturated heterocycles. The maximum absolute atomic E-state index is 12.4. The Kier molecular flexibility index (Phi) is 5.54. The Bertz CT molecular complexity index is 702. The number of likely N-dealkylation sites (tertiary alicyclic amines) is 1. The van der Waals surface area contributed by atoms with Gasteiger partial charge in [-0.15, -0.1) is 0 Å². The summed E-state index contributed by atoms with van der Waals surface area (Å²) in [5.41, 5.74) is 3.04. The molecule has 1 amide bonds. The molecule has 3 rings (SSSR count). The first kappa shape index (κ1) is 17.0. The molecular formula is C20H23ClN2O. The molecule has 1 aliphatic heterocycles. The molecule has 1 N–H and O–H groups in total. The maximum Gasteiger partial charge on any atom is 0.238 e. The lowest BCUT2D eigenvalue weighted by Crippen LogP contribution is -2.38. The summed E-state index contributed by atoms with van der Waals surface area (Å²) >= 11 is 6.12. The van der Waals surface area contributed by atoms with Crippen molar-refractivity contribution >= 4 is 23.2 Å². The van der Waals surface area contributed by atoms with Crippen molar-refractivity contribution in [3.8, 4) is 0 Å². The number of amides is 1. The van der Waals surface area contributed by atoms with Gasteiger partial charge in [-0.1, -0.05) is 48.0 Å². The average molecular weight is 343 g/mol. The summed E-state index contributed by atoms with van der Waals surface area (Å²) in [6, 6.07) is 16.5. The van der Waals surface area contributed by atoms with Gasteiger partial charge >= 0.3 is 0 Å². The van der Waals surface area contributed by atoms with E-state index in [1.807, 2.05) is 31.2 Å². The predicted octanol–water partition coefficient (Wildman–Crippen LogP) is 4.29. The number of nitrogens with zero attached hydrogens (tertiary/aromatic N) is 1. The van der Waals surface area contributed by atoms with Crippen LogP contribution in [0.2, 0.25) is 5.02 Å². The van der Waals surface area contributed by atoms with Crippen LogP contribution in [0.3, 0.4) is 0 Å². The first-order chi connectivity index (χ1) is 11.6. The highest BCUT2D eigenvalue weighted by Gasteiger charge is 2.26. The first-order valence-corrected chi connectivity index (χ1v) is 8.84. The van der Waals surface area contributed by atoms with Gasteiger partial charge in [0.15, 0.2) is 0 Å². The van der Waals surface area contributed by atoms with Gasteiger partial charge in [-0.2, -0.15) is 0 Å². The molecule has 0 spiro atoms. The van der Waals surface area contributed by atoms with Crippen LogP contribution in [0.15, 0.2) is 48.5 Å². The van der Waals surface area contributed by atoms with Crippen LogP contribution in [-0.2, 0) is 11.2 Å². The molecule has 0 radical (unpaired) electrons. The quantitative estimate of drug-likeness (QED) is 0.878. The third kappa shape index (κ3) is 4.16. The molecule has 24 heavy (non-hydrogen) atoms. The number of benzene rings is 2. The lowest BCUT2D eigenvalue weighted by atomic mass is 10.0. The minimum atomic E-state index is 0.0281. The zero-order valence-electron chi connectivity index (χ0n) is 14.0. The molecule has 2 aromatic rings. The Morgan fingerprint density at radius 1 is 1.21 bits per heavy atom. The summed E-state index contributed by atoms with van der Waals surface area (Å²) in [7, 11) is 0. The van der Waals surface area contributed by atoms with Gasteiger partial charge in [-0.25, -0.2) is 0 Å². The number of hydrogen-bond donors (Lipinski definition) is 1. The van der Waals surface area contributed by atoms with Crippen molar-refractivity contribution in [1.82, 2.24) is 4.90 Å². The van der Waals surface area contributed by atoms with Crippen LogP contribution in [0.4, 0.5) is 5.69 Å². The third-order valence-electron chi connectivity index (χ3n) is 4.70. The molecule has 0 bridgehead atoms. The van der Waals surface area contributed by atoms with E-state index >= 15 is 0 Å². The van der Waals surface area contributed by atoms with Gasteiger partial charge in [-0.05, 0) is 56.0 Å². The molecule has 0 aliphatic carbocycles. The van der Waals surface area contributed by atoms with E-state index < -0.39 is 0 Å². The highest BCUT2D eigenvalue weighted by atomic mass is 35.5. The van der Waals surface area contributed by atoms with Crippen LogP contribution in [0.5, 0.6) is 0 Å². The predicted molar refractivity (Wildman–Crippen MR) is 99.6 cm³/mol. The highest BCUT2D eigenvalue weighted by molar-refractivity contribution is 6.31. The van der Waals surface area contributed by atoms with Gasteiger partial charge in [0.2, 0.25) is 5.91 Å². The van der Waals surface area contributed by atoms with Gasteiger partial charge in [0.1, 0.15) is 0 Å². The van der Waals surface area contributed by atoms with Crippen molar-refractivity contribution in [2.45, 2.75) is 32.2 Å². The van der Waals surface area contributed by atoms with Gasteiger partial charge in [0, 0.05) is 16.8 Å². The van der Waals surface area contributed by atoms with E-state index in [9.17, 15) is 4.79 Å². The monoisotopic (exact) mass is 342 g/mol. The lowest BCUT2D eigenvalue weighted by molar-refractivity contribution is -0.117. The summed E-state index contributed by atoms with van der Waals surface area (Å²) in [4.78, 5) is 14.7. The maximum atomic E-state index is 12.4. The summed E-state index contributed by atoms with van der Waals surface area (Å²) in [6.45, 7) is 3.34. The molecule has 126 valence electrons. The molecule has 1 heterocycles. The fraction of sp³-hybridized carbons (Fsp3) is 0.350. The number of rotatable bonds is 5. The van der Waals surface area contributed by atoms with Crippen molar-refractivity contribution in [2.24, 2.45) is 0 Å². The smallest absolute Gasteiger partial charge is 0.238 e. The van der Waals surface area contributed by atoms with Gasteiger partial charge in [-0.3, -0.25) is 9.69 Å². The van der Waals surface area contributed by atoms with Crippen molar-refractivity contribution < 1.29 is 4.79 Å². The number of hydrogen-bond acceptors (Lipinski definition) is 2. The molecule has 1 atom stereocenters. The molecule has 1 unspecified atom stereocenters. The fourth-order valence-electron chi connectivity index (χ4n) is 3.34. The molecule has 2 aromatic carbocycles. The number of halogens is 1.